The summed E-state index contributed by atoms with van der Waals surface area (Å²) in [5, 5.41) is 0. The number of benzene rings is 1. The van der Waals surface area contributed by atoms with Crippen LogP contribution in [0.15, 0.2) is 18.7 Å². The van der Waals surface area contributed by atoms with Crippen LogP contribution in [0.3, 0.4) is 0 Å². The molecule has 0 aliphatic heterocycles. The van der Waals surface area contributed by atoms with E-state index in [2.05, 4.69) is 6.58 Å². The summed E-state index contributed by atoms with van der Waals surface area (Å²) in [6.45, 7) is 3.89. The van der Waals surface area contributed by atoms with Gasteiger partial charge in [0.15, 0.2) is 11.5 Å². The van der Waals surface area contributed by atoms with Gasteiger partial charge in [-0.05, 0) is 24.5 Å². The summed E-state index contributed by atoms with van der Waals surface area (Å²) in [5.74, 6) is 2.53. The molecule has 1 aromatic carbocycles. The summed E-state index contributed by atoms with van der Waals surface area (Å²) in [6.07, 6.45) is 4.08. The zero-order valence-electron chi connectivity index (χ0n) is 10.6. The zero-order chi connectivity index (χ0) is 12.4. The van der Waals surface area contributed by atoms with Gasteiger partial charge in [0.1, 0.15) is 0 Å². The standard InChI is InChI=1S/C14H18O3/c1-5-9-6-7-10-8-11(15-2)13(16-3)14(17-4)12(9)10/h5,8-9H,1,6-7H2,2-4H3. The van der Waals surface area contributed by atoms with Crippen LogP contribution in [-0.4, -0.2) is 21.3 Å². The third-order valence-corrected chi connectivity index (χ3v) is 3.33. The third kappa shape index (κ3) is 1.75. The lowest BCUT2D eigenvalue weighted by molar-refractivity contribution is 0.322. The molecule has 3 nitrogen and oxygen atoms in total. The normalized spacial score (nSPS) is 17.5. The molecule has 0 aromatic heterocycles. The molecular formula is C14H18O3. The van der Waals surface area contributed by atoms with Crippen LogP contribution in [0, 0.1) is 0 Å². The summed E-state index contributed by atoms with van der Waals surface area (Å²) < 4.78 is 16.2. The predicted molar refractivity (Wildman–Crippen MR) is 67.4 cm³/mol. The quantitative estimate of drug-likeness (QED) is 0.750. The second kappa shape index (κ2) is 4.70. The molecule has 0 radical (unpaired) electrons. The van der Waals surface area contributed by atoms with Gasteiger partial charge in [-0.1, -0.05) is 6.08 Å². The first kappa shape index (κ1) is 11.8. The molecule has 1 aromatic rings. The predicted octanol–water partition coefficient (Wildman–Crippen LogP) is 2.93. The van der Waals surface area contributed by atoms with Crippen LogP contribution in [0.25, 0.3) is 0 Å². The Hall–Kier alpha value is -1.64. The molecule has 3 heteroatoms. The van der Waals surface area contributed by atoms with Crippen molar-refractivity contribution in [2.75, 3.05) is 21.3 Å². The summed E-state index contributed by atoms with van der Waals surface area (Å²) in [7, 11) is 4.93. The first-order valence-electron chi connectivity index (χ1n) is 5.71. The highest BCUT2D eigenvalue weighted by molar-refractivity contribution is 5.62. The van der Waals surface area contributed by atoms with Gasteiger partial charge in [0, 0.05) is 11.5 Å². The number of methoxy groups -OCH3 is 3. The van der Waals surface area contributed by atoms with E-state index in [1.807, 2.05) is 12.1 Å². The first-order valence-corrected chi connectivity index (χ1v) is 5.71. The van der Waals surface area contributed by atoms with Crippen molar-refractivity contribution in [2.24, 2.45) is 0 Å². The molecule has 1 unspecified atom stereocenters. The van der Waals surface area contributed by atoms with Gasteiger partial charge in [0.05, 0.1) is 21.3 Å². The van der Waals surface area contributed by atoms with Crippen molar-refractivity contribution < 1.29 is 14.2 Å². The highest BCUT2D eigenvalue weighted by Crippen LogP contribution is 2.49. The first-order chi connectivity index (χ1) is 8.26. The molecule has 0 saturated carbocycles. The van der Waals surface area contributed by atoms with Crippen LogP contribution in [0.5, 0.6) is 17.2 Å². The molecule has 0 fully saturated rings. The van der Waals surface area contributed by atoms with Gasteiger partial charge >= 0.3 is 0 Å². The average molecular weight is 234 g/mol. The van der Waals surface area contributed by atoms with Crippen LogP contribution in [0.4, 0.5) is 0 Å². The third-order valence-electron chi connectivity index (χ3n) is 3.33. The van der Waals surface area contributed by atoms with E-state index < -0.39 is 0 Å². The summed E-state index contributed by atoms with van der Waals surface area (Å²) in [4.78, 5) is 0. The molecule has 0 heterocycles. The Labute approximate surface area is 102 Å². The maximum absolute atomic E-state index is 5.50. The number of allylic oxidation sites excluding steroid dienone is 1. The van der Waals surface area contributed by atoms with Gasteiger partial charge in [-0.15, -0.1) is 6.58 Å². The minimum absolute atomic E-state index is 0.347. The molecule has 2 rings (SSSR count). The van der Waals surface area contributed by atoms with Crippen molar-refractivity contribution in [3.8, 4) is 17.2 Å². The Bertz CT molecular complexity index is 438. The van der Waals surface area contributed by atoms with Gasteiger partial charge in [-0.2, -0.15) is 0 Å². The SMILES string of the molecule is C=CC1CCc2cc(OC)c(OC)c(OC)c21. The zero-order valence-corrected chi connectivity index (χ0v) is 10.6. The highest BCUT2D eigenvalue weighted by Gasteiger charge is 2.29. The fraction of sp³-hybridized carbons (Fsp3) is 0.429. The Morgan fingerprint density at radius 2 is 1.88 bits per heavy atom. The topological polar surface area (TPSA) is 27.7 Å². The molecular weight excluding hydrogens is 216 g/mol. The van der Waals surface area contributed by atoms with E-state index in [1.54, 1.807) is 21.3 Å². The Kier molecular flexibility index (Phi) is 3.27. The van der Waals surface area contributed by atoms with E-state index in [9.17, 15) is 0 Å². The lowest BCUT2D eigenvalue weighted by Crippen LogP contribution is -2.00. The lowest BCUT2D eigenvalue weighted by Gasteiger charge is -2.18. The molecule has 1 atom stereocenters. The van der Waals surface area contributed by atoms with Crippen LogP contribution in [0.1, 0.15) is 23.5 Å². The lowest BCUT2D eigenvalue weighted by atomic mass is 9.99. The highest BCUT2D eigenvalue weighted by atomic mass is 16.5. The maximum atomic E-state index is 5.50. The second-order valence-electron chi connectivity index (χ2n) is 4.10. The van der Waals surface area contributed by atoms with Gasteiger partial charge in [-0.25, -0.2) is 0 Å². The van der Waals surface area contributed by atoms with E-state index in [-0.39, 0.29) is 0 Å². The van der Waals surface area contributed by atoms with Crippen molar-refractivity contribution in [2.45, 2.75) is 18.8 Å². The molecule has 0 N–H and O–H groups in total. The van der Waals surface area contributed by atoms with Crippen molar-refractivity contribution in [3.63, 3.8) is 0 Å². The summed E-state index contributed by atoms with van der Waals surface area (Å²) in [6, 6.07) is 2.04. The summed E-state index contributed by atoms with van der Waals surface area (Å²) in [5.41, 5.74) is 2.46. The van der Waals surface area contributed by atoms with Gasteiger partial charge in [-0.3, -0.25) is 0 Å². The van der Waals surface area contributed by atoms with Crippen LogP contribution in [0.2, 0.25) is 0 Å². The molecule has 17 heavy (non-hydrogen) atoms. The fourth-order valence-corrected chi connectivity index (χ4v) is 2.53. The average Bonchev–Trinajstić information content (AvgIpc) is 2.78. The van der Waals surface area contributed by atoms with Crippen molar-refractivity contribution in [3.05, 3.63) is 29.8 Å². The monoisotopic (exact) mass is 234 g/mol. The van der Waals surface area contributed by atoms with E-state index in [1.165, 1.54) is 11.1 Å². The minimum atomic E-state index is 0.347. The number of ether oxygens (including phenoxy) is 3. The molecule has 1 aliphatic carbocycles. The second-order valence-corrected chi connectivity index (χ2v) is 4.10. The number of rotatable bonds is 4. The van der Waals surface area contributed by atoms with Crippen molar-refractivity contribution in [1.82, 2.24) is 0 Å². The molecule has 1 aliphatic rings. The van der Waals surface area contributed by atoms with Crippen molar-refractivity contribution >= 4 is 0 Å². The largest absolute Gasteiger partial charge is 0.493 e. The van der Waals surface area contributed by atoms with E-state index >= 15 is 0 Å². The van der Waals surface area contributed by atoms with Crippen LogP contribution >= 0.6 is 0 Å². The molecule has 0 amide bonds. The van der Waals surface area contributed by atoms with Crippen LogP contribution < -0.4 is 14.2 Å². The smallest absolute Gasteiger partial charge is 0.203 e. The fourth-order valence-electron chi connectivity index (χ4n) is 2.53. The maximum Gasteiger partial charge on any atom is 0.203 e. The van der Waals surface area contributed by atoms with Gasteiger partial charge in [0.2, 0.25) is 5.75 Å². The van der Waals surface area contributed by atoms with E-state index in [4.69, 9.17) is 14.2 Å². The number of hydrogen-bond acceptors (Lipinski definition) is 3. The molecule has 0 saturated heterocycles. The summed E-state index contributed by atoms with van der Waals surface area (Å²) >= 11 is 0. The molecule has 0 spiro atoms. The van der Waals surface area contributed by atoms with E-state index in [0.717, 1.165) is 24.3 Å². The molecule has 92 valence electrons. The van der Waals surface area contributed by atoms with Crippen LogP contribution in [-0.2, 0) is 6.42 Å². The Morgan fingerprint density at radius 1 is 1.18 bits per heavy atom. The number of hydrogen-bond donors (Lipinski definition) is 0. The van der Waals surface area contributed by atoms with Gasteiger partial charge in [0.25, 0.3) is 0 Å². The van der Waals surface area contributed by atoms with Gasteiger partial charge < -0.3 is 14.2 Å². The van der Waals surface area contributed by atoms with E-state index in [0.29, 0.717) is 11.7 Å². The minimum Gasteiger partial charge on any atom is -0.493 e. The molecule has 0 bridgehead atoms. The van der Waals surface area contributed by atoms with Crippen molar-refractivity contribution in [1.29, 1.82) is 0 Å². The Balaban J connectivity index is 2.66. The number of aryl methyl sites for hydroxylation is 1. The Morgan fingerprint density at radius 3 is 2.41 bits per heavy atom. The number of fused-ring (bicyclic) bond motifs is 1.